The van der Waals surface area contributed by atoms with Crippen LogP contribution in [-0.2, 0) is 0 Å². The summed E-state index contributed by atoms with van der Waals surface area (Å²) in [5.41, 5.74) is 12.6. The fourth-order valence-electron chi connectivity index (χ4n) is 1.32. The van der Waals surface area contributed by atoms with E-state index < -0.39 is 0 Å². The molecule has 0 atom stereocenters. The van der Waals surface area contributed by atoms with Crippen molar-refractivity contribution in [1.82, 2.24) is 0 Å². The summed E-state index contributed by atoms with van der Waals surface area (Å²) in [6, 6.07) is 5.58. The first-order chi connectivity index (χ1) is 8.43. The van der Waals surface area contributed by atoms with Gasteiger partial charge in [0.15, 0.2) is 5.78 Å². The normalized spacial score (nSPS) is 11.2. The molecule has 0 bridgehead atoms. The molecule has 5 nitrogen and oxygen atoms in total. The van der Waals surface area contributed by atoms with Gasteiger partial charge < -0.3 is 11.5 Å². The topological polar surface area (TPSA) is 93.8 Å². The Bertz CT molecular complexity index is 519. The number of hydrogen-bond donors (Lipinski definition) is 2. The zero-order valence-electron chi connectivity index (χ0n) is 10.6. The van der Waals surface area contributed by atoms with Gasteiger partial charge in [-0.05, 0) is 43.9 Å². The number of hydrogen-bond acceptors (Lipinski definition) is 4. The quantitative estimate of drug-likeness (QED) is 0.284. The molecule has 0 heterocycles. The zero-order chi connectivity index (χ0) is 13.7. The predicted octanol–water partition coefficient (Wildman–Crippen LogP) is 1.61. The van der Waals surface area contributed by atoms with E-state index in [4.69, 9.17) is 11.5 Å². The van der Waals surface area contributed by atoms with E-state index in [1.807, 2.05) is 18.4 Å². The highest BCUT2D eigenvalue weighted by Crippen LogP contribution is 2.20. The molecule has 1 aromatic carbocycles. The molecule has 0 saturated carbocycles. The average Bonchev–Trinajstić information content (AvgIpc) is 2.35. The molecule has 0 aliphatic heterocycles. The first-order valence-corrected chi connectivity index (χ1v) is 6.50. The molecule has 0 radical (unpaired) electrons. The number of nitrogens with two attached hydrogens (primary N) is 2. The first-order valence-electron chi connectivity index (χ1n) is 5.27. The summed E-state index contributed by atoms with van der Waals surface area (Å²) >= 11 is 1.56. The van der Waals surface area contributed by atoms with Crippen molar-refractivity contribution in [1.29, 1.82) is 0 Å². The van der Waals surface area contributed by atoms with E-state index in [0.717, 1.165) is 10.5 Å². The second-order valence-corrected chi connectivity index (χ2v) is 4.60. The maximum atomic E-state index is 11.4. The Labute approximate surface area is 110 Å². The Morgan fingerprint density at radius 2 is 1.72 bits per heavy atom. The van der Waals surface area contributed by atoms with Crippen LogP contribution in [-0.4, -0.2) is 23.7 Å². The Morgan fingerprint density at radius 1 is 1.11 bits per heavy atom. The van der Waals surface area contributed by atoms with Gasteiger partial charge in [-0.2, -0.15) is 5.10 Å². The maximum absolute atomic E-state index is 11.4. The van der Waals surface area contributed by atoms with Crippen LogP contribution in [0.5, 0.6) is 0 Å². The lowest BCUT2D eigenvalue weighted by Gasteiger charge is -2.05. The highest BCUT2D eigenvalue weighted by atomic mass is 32.2. The molecular formula is C12H16N4OS. The number of benzene rings is 1. The van der Waals surface area contributed by atoms with E-state index >= 15 is 0 Å². The fourth-order valence-corrected chi connectivity index (χ4v) is 1.81. The third-order valence-electron chi connectivity index (χ3n) is 2.28. The molecule has 0 aromatic heterocycles. The predicted molar refractivity (Wildman–Crippen MR) is 76.2 cm³/mol. The van der Waals surface area contributed by atoms with Crippen molar-refractivity contribution in [2.45, 2.75) is 18.7 Å². The Balaban J connectivity index is 3.23. The van der Waals surface area contributed by atoms with Gasteiger partial charge in [-0.1, -0.05) is 0 Å². The molecule has 4 N–H and O–H groups in total. The van der Waals surface area contributed by atoms with Gasteiger partial charge in [0.2, 0.25) is 5.96 Å². The van der Waals surface area contributed by atoms with Gasteiger partial charge in [-0.3, -0.25) is 4.79 Å². The van der Waals surface area contributed by atoms with Crippen molar-refractivity contribution in [2.75, 3.05) is 6.26 Å². The number of carbonyl (C=O) groups is 1. The molecule has 1 aromatic rings. The highest BCUT2D eigenvalue weighted by Gasteiger charge is 2.06. The number of carbonyl (C=O) groups excluding carboxylic acids is 1. The van der Waals surface area contributed by atoms with Gasteiger partial charge in [0.1, 0.15) is 0 Å². The van der Waals surface area contributed by atoms with Gasteiger partial charge in [0, 0.05) is 10.5 Å². The first kappa shape index (κ1) is 14.2. The van der Waals surface area contributed by atoms with Crippen LogP contribution in [0.2, 0.25) is 0 Å². The third-order valence-corrected chi connectivity index (χ3v) is 2.99. The summed E-state index contributed by atoms with van der Waals surface area (Å²) < 4.78 is 0. The molecule has 1 rings (SSSR count). The van der Waals surface area contributed by atoms with E-state index in [-0.39, 0.29) is 11.7 Å². The number of guanidine groups is 1. The van der Waals surface area contributed by atoms with Crippen molar-refractivity contribution in [3.8, 4) is 0 Å². The van der Waals surface area contributed by atoms with Crippen LogP contribution in [0.4, 0.5) is 0 Å². The van der Waals surface area contributed by atoms with Crippen molar-refractivity contribution in [2.24, 2.45) is 21.7 Å². The van der Waals surface area contributed by atoms with Crippen molar-refractivity contribution in [3.05, 3.63) is 29.3 Å². The third kappa shape index (κ3) is 3.89. The SMILES string of the molecule is CSc1cc(C(C)=O)cc(/C(C)=N\N=C(N)N)c1. The van der Waals surface area contributed by atoms with Gasteiger partial charge >= 0.3 is 0 Å². The average molecular weight is 264 g/mol. The lowest BCUT2D eigenvalue weighted by Crippen LogP contribution is -2.22. The van der Waals surface area contributed by atoms with Crippen LogP contribution >= 0.6 is 11.8 Å². The number of rotatable bonds is 4. The van der Waals surface area contributed by atoms with Gasteiger partial charge in [-0.15, -0.1) is 16.9 Å². The minimum absolute atomic E-state index is 0.0155. The van der Waals surface area contributed by atoms with Crippen LogP contribution in [0.3, 0.4) is 0 Å². The molecule has 0 aliphatic rings. The molecule has 18 heavy (non-hydrogen) atoms. The van der Waals surface area contributed by atoms with Crippen LogP contribution in [0, 0.1) is 0 Å². The summed E-state index contributed by atoms with van der Waals surface area (Å²) in [6.07, 6.45) is 1.95. The minimum atomic E-state index is -0.0952. The summed E-state index contributed by atoms with van der Waals surface area (Å²) in [5.74, 6) is -0.0797. The molecule has 0 fully saturated rings. The summed E-state index contributed by atoms with van der Waals surface area (Å²) in [7, 11) is 0. The molecule has 0 spiro atoms. The molecule has 96 valence electrons. The summed E-state index contributed by atoms with van der Waals surface area (Å²) in [4.78, 5) is 12.4. The van der Waals surface area contributed by atoms with Gasteiger partial charge in [0.25, 0.3) is 0 Å². The molecule has 6 heteroatoms. The fraction of sp³-hybridized carbons (Fsp3) is 0.250. The highest BCUT2D eigenvalue weighted by molar-refractivity contribution is 7.98. The van der Waals surface area contributed by atoms with E-state index in [1.165, 1.54) is 6.92 Å². The van der Waals surface area contributed by atoms with E-state index in [9.17, 15) is 4.79 Å². The molecule has 0 aliphatic carbocycles. The van der Waals surface area contributed by atoms with Crippen LogP contribution in [0.25, 0.3) is 0 Å². The molecule has 0 amide bonds. The van der Waals surface area contributed by atoms with Crippen molar-refractivity contribution in [3.63, 3.8) is 0 Å². The molecular weight excluding hydrogens is 248 g/mol. The lowest BCUT2D eigenvalue weighted by molar-refractivity contribution is 0.101. The number of thioether (sulfide) groups is 1. The zero-order valence-corrected chi connectivity index (χ0v) is 11.4. The van der Waals surface area contributed by atoms with Crippen molar-refractivity contribution >= 4 is 29.2 Å². The number of nitrogens with zero attached hydrogens (tertiary/aromatic N) is 2. The summed E-state index contributed by atoms with van der Waals surface area (Å²) in [5, 5.41) is 7.50. The number of Topliss-reactive ketones (excluding diaryl/α,β-unsaturated/α-hetero) is 1. The van der Waals surface area contributed by atoms with Crippen molar-refractivity contribution < 1.29 is 4.79 Å². The van der Waals surface area contributed by atoms with E-state index in [1.54, 1.807) is 24.8 Å². The number of ketones is 1. The van der Waals surface area contributed by atoms with Gasteiger partial charge in [0.05, 0.1) is 5.71 Å². The molecule has 0 unspecified atom stereocenters. The summed E-state index contributed by atoms with van der Waals surface area (Å²) in [6.45, 7) is 3.32. The van der Waals surface area contributed by atoms with Gasteiger partial charge in [-0.25, -0.2) is 0 Å². The maximum Gasteiger partial charge on any atom is 0.211 e. The van der Waals surface area contributed by atoms with Crippen LogP contribution < -0.4 is 11.5 Å². The lowest BCUT2D eigenvalue weighted by atomic mass is 10.1. The standard InChI is InChI=1S/C12H16N4OS/c1-7(15-16-12(13)14)9-4-10(8(2)17)6-11(5-9)18-3/h4-6H,1-3H3,(H4,13,14,16)/b15-7-. The monoisotopic (exact) mass is 264 g/mol. The Kier molecular flexibility index (Phi) is 4.91. The Morgan fingerprint density at radius 3 is 2.22 bits per heavy atom. The van der Waals surface area contributed by atoms with Crippen LogP contribution in [0.15, 0.2) is 33.3 Å². The Hall–Kier alpha value is -1.82. The second-order valence-electron chi connectivity index (χ2n) is 3.72. The van der Waals surface area contributed by atoms with Crippen LogP contribution in [0.1, 0.15) is 29.8 Å². The van der Waals surface area contributed by atoms with E-state index in [0.29, 0.717) is 11.3 Å². The largest absolute Gasteiger partial charge is 0.369 e. The smallest absolute Gasteiger partial charge is 0.211 e. The molecule has 0 saturated heterocycles. The minimum Gasteiger partial charge on any atom is -0.369 e. The second kappa shape index (κ2) is 6.20. The van der Waals surface area contributed by atoms with E-state index in [2.05, 4.69) is 10.2 Å².